The van der Waals surface area contributed by atoms with E-state index in [1.807, 2.05) is 20.8 Å². The predicted molar refractivity (Wildman–Crippen MR) is 152 cm³/mol. The van der Waals surface area contributed by atoms with E-state index in [1.165, 1.54) is 29.2 Å². The summed E-state index contributed by atoms with van der Waals surface area (Å²) >= 11 is 12.2. The highest BCUT2D eigenvalue weighted by Gasteiger charge is 2.33. The van der Waals surface area contributed by atoms with Crippen LogP contribution in [0.5, 0.6) is 0 Å². The number of anilines is 1. The smallest absolute Gasteiger partial charge is 0.264 e. The average Bonchev–Trinajstić information content (AvgIpc) is 2.85. The number of carbonyl (C=O) groups excluding carboxylic acids is 2. The lowest BCUT2D eigenvalue weighted by Gasteiger charge is -2.33. The number of hydrogen-bond donors (Lipinski definition) is 1. The van der Waals surface area contributed by atoms with Gasteiger partial charge in [-0.1, -0.05) is 53.5 Å². The molecule has 0 unspecified atom stereocenters. The number of carbonyl (C=O) groups is 2. The Bertz CT molecular complexity index is 1380. The maximum absolute atomic E-state index is 13.9. The molecule has 0 saturated heterocycles. The van der Waals surface area contributed by atoms with Crippen molar-refractivity contribution in [1.82, 2.24) is 10.2 Å². The molecule has 10 heteroatoms. The zero-order valence-electron chi connectivity index (χ0n) is 21.7. The van der Waals surface area contributed by atoms with Gasteiger partial charge >= 0.3 is 0 Å². The molecule has 0 radical (unpaired) electrons. The van der Waals surface area contributed by atoms with E-state index in [1.54, 1.807) is 61.5 Å². The number of halogens is 2. The summed E-state index contributed by atoms with van der Waals surface area (Å²) < 4.78 is 28.4. The highest BCUT2D eigenvalue weighted by atomic mass is 35.5. The first-order valence-corrected chi connectivity index (χ1v) is 14.2. The zero-order valence-corrected chi connectivity index (χ0v) is 24.0. The fraction of sp³-hybridized carbons (Fsp3) is 0.286. The standard InChI is InChI=1S/C28H31Cl2N3O4S/c1-20(27(35)31-28(2,3)4)32(18-21-9-8-10-23(30)17-21)26(34)19-33(24-15-13-22(29)14-16-24)38(36,37)25-11-6-5-7-12-25/h5-17,20H,18-19H2,1-4H3,(H,31,35)/t20-/m1/s1. The summed E-state index contributed by atoms with van der Waals surface area (Å²) in [7, 11) is -4.13. The second-order valence-corrected chi connectivity index (χ2v) is 12.6. The van der Waals surface area contributed by atoms with Crippen molar-refractivity contribution in [1.29, 1.82) is 0 Å². The number of hydrogen-bond acceptors (Lipinski definition) is 4. The third-order valence-electron chi connectivity index (χ3n) is 5.63. The van der Waals surface area contributed by atoms with Gasteiger partial charge in [0.25, 0.3) is 10.0 Å². The molecule has 38 heavy (non-hydrogen) atoms. The summed E-state index contributed by atoms with van der Waals surface area (Å²) in [6, 6.07) is 20.1. The van der Waals surface area contributed by atoms with Gasteiger partial charge in [0.05, 0.1) is 10.6 Å². The van der Waals surface area contributed by atoms with Gasteiger partial charge in [-0.2, -0.15) is 0 Å². The van der Waals surface area contributed by atoms with E-state index in [0.717, 1.165) is 4.31 Å². The summed E-state index contributed by atoms with van der Waals surface area (Å²) in [5, 5.41) is 3.80. The van der Waals surface area contributed by atoms with Crippen molar-refractivity contribution in [3.8, 4) is 0 Å². The van der Waals surface area contributed by atoms with Crippen molar-refractivity contribution >= 4 is 50.7 Å². The van der Waals surface area contributed by atoms with Crippen LogP contribution in [0.4, 0.5) is 5.69 Å². The zero-order chi connectivity index (χ0) is 28.1. The highest BCUT2D eigenvalue weighted by Crippen LogP contribution is 2.26. The van der Waals surface area contributed by atoms with Gasteiger partial charge in [-0.25, -0.2) is 8.42 Å². The Balaban J connectivity index is 2.02. The second kappa shape index (κ2) is 12.2. The summed E-state index contributed by atoms with van der Waals surface area (Å²) in [5.74, 6) is -0.923. The van der Waals surface area contributed by atoms with E-state index in [0.29, 0.717) is 15.6 Å². The van der Waals surface area contributed by atoms with Gasteiger partial charge in [0.2, 0.25) is 11.8 Å². The molecule has 0 aliphatic heterocycles. The van der Waals surface area contributed by atoms with Crippen LogP contribution in [-0.4, -0.2) is 43.3 Å². The molecule has 0 aromatic heterocycles. The number of nitrogens with one attached hydrogen (secondary N) is 1. The number of benzene rings is 3. The first-order valence-electron chi connectivity index (χ1n) is 12.0. The van der Waals surface area contributed by atoms with E-state index < -0.39 is 34.1 Å². The lowest BCUT2D eigenvalue weighted by atomic mass is 10.1. The predicted octanol–water partition coefficient (Wildman–Crippen LogP) is 5.52. The molecule has 0 heterocycles. The van der Waals surface area contributed by atoms with Crippen molar-refractivity contribution in [2.75, 3.05) is 10.8 Å². The molecule has 0 bridgehead atoms. The van der Waals surface area contributed by atoms with Crippen molar-refractivity contribution in [2.45, 2.75) is 50.7 Å². The molecule has 202 valence electrons. The molecular weight excluding hydrogens is 545 g/mol. The molecule has 3 aromatic carbocycles. The molecule has 0 aliphatic carbocycles. The SMILES string of the molecule is C[C@H](C(=O)NC(C)(C)C)N(Cc1cccc(Cl)c1)C(=O)CN(c1ccc(Cl)cc1)S(=O)(=O)c1ccccc1. The average molecular weight is 577 g/mol. The Morgan fingerprint density at radius 1 is 0.895 bits per heavy atom. The summed E-state index contributed by atoms with van der Waals surface area (Å²) in [6.07, 6.45) is 0. The molecule has 1 atom stereocenters. The Labute approximate surface area is 234 Å². The Morgan fingerprint density at radius 3 is 2.11 bits per heavy atom. The Kier molecular flexibility index (Phi) is 9.46. The van der Waals surface area contributed by atoms with Gasteiger partial charge in [0.15, 0.2) is 0 Å². The largest absolute Gasteiger partial charge is 0.350 e. The molecule has 3 rings (SSSR count). The minimum absolute atomic E-state index is 0.0302. The topological polar surface area (TPSA) is 86.8 Å². The lowest BCUT2D eigenvalue weighted by molar-refractivity contribution is -0.140. The van der Waals surface area contributed by atoms with Gasteiger partial charge in [-0.3, -0.25) is 13.9 Å². The maximum Gasteiger partial charge on any atom is 0.264 e. The summed E-state index contributed by atoms with van der Waals surface area (Å²) in [4.78, 5) is 28.3. The third kappa shape index (κ3) is 7.72. The summed E-state index contributed by atoms with van der Waals surface area (Å²) in [5.41, 5.74) is 0.439. The van der Waals surface area contributed by atoms with Crippen LogP contribution in [0.2, 0.25) is 10.0 Å². The summed E-state index contributed by atoms with van der Waals surface area (Å²) in [6.45, 7) is 6.66. The van der Waals surface area contributed by atoms with Crippen LogP contribution in [-0.2, 0) is 26.2 Å². The van der Waals surface area contributed by atoms with Crippen LogP contribution in [0.15, 0.2) is 83.8 Å². The van der Waals surface area contributed by atoms with E-state index >= 15 is 0 Å². The van der Waals surface area contributed by atoms with Gasteiger partial charge in [-0.05, 0) is 81.8 Å². The highest BCUT2D eigenvalue weighted by molar-refractivity contribution is 7.92. The number of sulfonamides is 1. The van der Waals surface area contributed by atoms with E-state index in [-0.39, 0.29) is 23.0 Å². The molecular formula is C28H31Cl2N3O4S. The van der Waals surface area contributed by atoms with Crippen LogP contribution in [0.1, 0.15) is 33.3 Å². The fourth-order valence-corrected chi connectivity index (χ4v) is 5.52. The third-order valence-corrected chi connectivity index (χ3v) is 7.91. The lowest BCUT2D eigenvalue weighted by Crippen LogP contribution is -2.54. The van der Waals surface area contributed by atoms with Crippen LogP contribution in [0.3, 0.4) is 0 Å². The molecule has 0 fully saturated rings. The van der Waals surface area contributed by atoms with Crippen molar-refractivity contribution < 1.29 is 18.0 Å². The number of amides is 2. The van der Waals surface area contributed by atoms with Crippen LogP contribution < -0.4 is 9.62 Å². The molecule has 0 spiro atoms. The number of rotatable bonds is 9. The quantitative estimate of drug-likeness (QED) is 0.364. The number of nitrogens with zero attached hydrogens (tertiary/aromatic N) is 2. The Morgan fingerprint density at radius 2 is 1.53 bits per heavy atom. The monoisotopic (exact) mass is 575 g/mol. The second-order valence-electron chi connectivity index (χ2n) is 9.87. The first-order chi connectivity index (χ1) is 17.8. The van der Waals surface area contributed by atoms with E-state index in [4.69, 9.17) is 23.2 Å². The van der Waals surface area contributed by atoms with Gasteiger partial charge < -0.3 is 10.2 Å². The van der Waals surface area contributed by atoms with Gasteiger partial charge in [0.1, 0.15) is 12.6 Å². The van der Waals surface area contributed by atoms with Crippen LogP contribution >= 0.6 is 23.2 Å². The first kappa shape index (κ1) is 29.5. The molecule has 1 N–H and O–H groups in total. The minimum Gasteiger partial charge on any atom is -0.350 e. The fourth-order valence-electron chi connectivity index (χ4n) is 3.74. The molecule has 3 aromatic rings. The molecule has 0 aliphatic rings. The van der Waals surface area contributed by atoms with Gasteiger partial charge in [0, 0.05) is 22.1 Å². The minimum atomic E-state index is -4.13. The van der Waals surface area contributed by atoms with Crippen molar-refractivity contribution in [3.05, 3.63) is 94.5 Å². The normalized spacial score (nSPS) is 12.5. The molecule has 0 saturated carbocycles. The van der Waals surface area contributed by atoms with E-state index in [2.05, 4.69) is 5.32 Å². The molecule has 7 nitrogen and oxygen atoms in total. The van der Waals surface area contributed by atoms with E-state index in [9.17, 15) is 18.0 Å². The van der Waals surface area contributed by atoms with Crippen molar-refractivity contribution in [3.63, 3.8) is 0 Å². The van der Waals surface area contributed by atoms with Crippen LogP contribution in [0, 0.1) is 0 Å². The Hall–Kier alpha value is -3.07. The molecule has 2 amide bonds. The van der Waals surface area contributed by atoms with Gasteiger partial charge in [-0.15, -0.1) is 0 Å². The van der Waals surface area contributed by atoms with Crippen LogP contribution in [0.25, 0.3) is 0 Å². The van der Waals surface area contributed by atoms with Crippen molar-refractivity contribution in [2.24, 2.45) is 0 Å². The maximum atomic E-state index is 13.9.